The monoisotopic (exact) mass is 268 g/mol. The van der Waals surface area contributed by atoms with E-state index in [-0.39, 0.29) is 11.5 Å². The number of carboxylic acids is 1. The fourth-order valence-corrected chi connectivity index (χ4v) is 2.03. The van der Waals surface area contributed by atoms with Gasteiger partial charge >= 0.3 is 5.97 Å². The Morgan fingerprint density at radius 3 is 2.70 bits per heavy atom. The highest BCUT2D eigenvalue weighted by molar-refractivity contribution is 5.87. The van der Waals surface area contributed by atoms with E-state index in [2.05, 4.69) is 15.1 Å². The highest BCUT2D eigenvalue weighted by atomic mass is 16.4. The molecular weight excluding hydrogens is 256 g/mol. The smallest absolute Gasteiger partial charge is 0.354 e. The summed E-state index contributed by atoms with van der Waals surface area (Å²) in [6, 6.07) is 7.43. The minimum atomic E-state index is -1.08. The lowest BCUT2D eigenvalue weighted by molar-refractivity contribution is 0.0690. The van der Waals surface area contributed by atoms with Crippen LogP contribution in [0.2, 0.25) is 0 Å². The SMILES string of the molecule is Cc1ccc(-c2cc(C(=O)O)nc3ncnn23)cc1C. The first kappa shape index (κ1) is 12.3. The second-order valence-electron chi connectivity index (χ2n) is 4.60. The first-order chi connectivity index (χ1) is 9.56. The molecular formula is C14H12N4O2. The zero-order valence-corrected chi connectivity index (χ0v) is 11.0. The Morgan fingerprint density at radius 1 is 1.20 bits per heavy atom. The van der Waals surface area contributed by atoms with Crippen molar-refractivity contribution >= 4 is 11.7 Å². The Morgan fingerprint density at radius 2 is 2.00 bits per heavy atom. The normalized spacial score (nSPS) is 10.9. The van der Waals surface area contributed by atoms with Gasteiger partial charge in [-0.25, -0.2) is 9.78 Å². The maximum Gasteiger partial charge on any atom is 0.354 e. The fraction of sp³-hybridized carbons (Fsp3) is 0.143. The second kappa shape index (κ2) is 4.41. The zero-order valence-electron chi connectivity index (χ0n) is 11.0. The maximum absolute atomic E-state index is 11.2. The molecule has 0 atom stereocenters. The van der Waals surface area contributed by atoms with Crippen LogP contribution in [0.1, 0.15) is 21.6 Å². The van der Waals surface area contributed by atoms with Crippen molar-refractivity contribution in [2.75, 3.05) is 0 Å². The molecule has 0 saturated heterocycles. The predicted octanol–water partition coefficient (Wildman–Crippen LogP) is 2.11. The highest BCUT2D eigenvalue weighted by Crippen LogP contribution is 2.22. The number of rotatable bonds is 2. The van der Waals surface area contributed by atoms with E-state index in [1.807, 2.05) is 32.0 Å². The molecule has 2 aromatic heterocycles. The molecule has 0 fully saturated rings. The molecule has 1 N–H and O–H groups in total. The molecule has 100 valence electrons. The summed E-state index contributed by atoms with van der Waals surface area (Å²) in [5, 5.41) is 13.2. The molecule has 20 heavy (non-hydrogen) atoms. The van der Waals surface area contributed by atoms with E-state index in [1.165, 1.54) is 22.5 Å². The number of hydrogen-bond donors (Lipinski definition) is 1. The molecule has 2 heterocycles. The van der Waals surface area contributed by atoms with E-state index in [1.54, 1.807) is 0 Å². The van der Waals surface area contributed by atoms with Gasteiger partial charge in [0.1, 0.15) is 6.33 Å². The molecule has 0 spiro atoms. The third-order valence-corrected chi connectivity index (χ3v) is 3.27. The largest absolute Gasteiger partial charge is 0.477 e. The molecule has 0 aliphatic rings. The van der Waals surface area contributed by atoms with Crippen LogP contribution in [0.25, 0.3) is 17.0 Å². The first-order valence-corrected chi connectivity index (χ1v) is 6.08. The molecule has 3 rings (SSSR count). The van der Waals surface area contributed by atoms with Crippen LogP contribution < -0.4 is 0 Å². The lowest BCUT2D eigenvalue weighted by atomic mass is 10.0. The van der Waals surface area contributed by atoms with Crippen LogP contribution in [0.3, 0.4) is 0 Å². The van der Waals surface area contributed by atoms with E-state index < -0.39 is 5.97 Å². The molecule has 3 aromatic rings. The van der Waals surface area contributed by atoms with Gasteiger partial charge in [-0.05, 0) is 37.1 Å². The van der Waals surface area contributed by atoms with E-state index in [4.69, 9.17) is 5.11 Å². The molecule has 6 nitrogen and oxygen atoms in total. The van der Waals surface area contributed by atoms with Crippen molar-refractivity contribution in [2.45, 2.75) is 13.8 Å². The van der Waals surface area contributed by atoms with E-state index >= 15 is 0 Å². The van der Waals surface area contributed by atoms with Gasteiger partial charge in [-0.2, -0.15) is 14.6 Å². The van der Waals surface area contributed by atoms with E-state index in [0.717, 1.165) is 11.1 Å². The van der Waals surface area contributed by atoms with Crippen molar-refractivity contribution in [2.24, 2.45) is 0 Å². The van der Waals surface area contributed by atoms with Crippen molar-refractivity contribution in [1.29, 1.82) is 0 Å². The van der Waals surface area contributed by atoms with Crippen LogP contribution in [0.5, 0.6) is 0 Å². The van der Waals surface area contributed by atoms with Gasteiger partial charge in [0.2, 0.25) is 0 Å². The van der Waals surface area contributed by atoms with Crippen LogP contribution in [-0.4, -0.2) is 30.7 Å². The molecule has 0 saturated carbocycles. The average molecular weight is 268 g/mol. The highest BCUT2D eigenvalue weighted by Gasteiger charge is 2.14. The van der Waals surface area contributed by atoms with Crippen molar-refractivity contribution in [3.63, 3.8) is 0 Å². The van der Waals surface area contributed by atoms with E-state index in [0.29, 0.717) is 5.69 Å². The van der Waals surface area contributed by atoms with Gasteiger partial charge in [-0.15, -0.1) is 0 Å². The maximum atomic E-state index is 11.2. The van der Waals surface area contributed by atoms with E-state index in [9.17, 15) is 4.79 Å². The van der Waals surface area contributed by atoms with Crippen LogP contribution in [0.4, 0.5) is 0 Å². The topological polar surface area (TPSA) is 80.4 Å². The summed E-state index contributed by atoms with van der Waals surface area (Å²) in [6.07, 6.45) is 1.36. The zero-order chi connectivity index (χ0) is 14.3. The van der Waals surface area contributed by atoms with Crippen LogP contribution in [0.15, 0.2) is 30.6 Å². The van der Waals surface area contributed by atoms with Gasteiger partial charge in [0.15, 0.2) is 5.69 Å². The molecule has 6 heteroatoms. The second-order valence-corrected chi connectivity index (χ2v) is 4.60. The molecule has 0 bridgehead atoms. The minimum absolute atomic E-state index is 0.0428. The van der Waals surface area contributed by atoms with Gasteiger partial charge in [-0.1, -0.05) is 12.1 Å². The number of carboxylic acid groups (broad SMARTS) is 1. The molecule has 0 radical (unpaired) electrons. The number of aromatic nitrogens is 4. The lowest BCUT2D eigenvalue weighted by Crippen LogP contribution is -2.06. The number of nitrogens with zero attached hydrogens (tertiary/aromatic N) is 4. The van der Waals surface area contributed by atoms with Crippen molar-refractivity contribution in [3.8, 4) is 11.3 Å². The quantitative estimate of drug-likeness (QED) is 0.769. The third kappa shape index (κ3) is 1.91. The Labute approximate surface area is 114 Å². The molecule has 0 amide bonds. The average Bonchev–Trinajstić information content (AvgIpc) is 2.89. The van der Waals surface area contributed by atoms with Crippen LogP contribution >= 0.6 is 0 Å². The standard InChI is InChI=1S/C14H12N4O2/c1-8-3-4-10(5-9(8)2)12-6-11(13(19)20)17-14-15-7-16-18(12)14/h3-7H,1-2H3,(H,19,20). The van der Waals surface area contributed by atoms with Crippen molar-refractivity contribution in [3.05, 3.63) is 47.4 Å². The summed E-state index contributed by atoms with van der Waals surface area (Å²) < 4.78 is 1.54. The third-order valence-electron chi connectivity index (χ3n) is 3.27. The van der Waals surface area contributed by atoms with Gasteiger partial charge < -0.3 is 5.11 Å². The molecule has 0 aliphatic heterocycles. The number of aryl methyl sites for hydroxylation is 2. The molecule has 0 unspecified atom stereocenters. The van der Waals surface area contributed by atoms with Gasteiger partial charge in [0, 0.05) is 5.56 Å². The van der Waals surface area contributed by atoms with Gasteiger partial charge in [0.05, 0.1) is 5.69 Å². The summed E-state index contributed by atoms with van der Waals surface area (Å²) in [7, 11) is 0. The van der Waals surface area contributed by atoms with Gasteiger partial charge in [-0.3, -0.25) is 0 Å². The summed E-state index contributed by atoms with van der Waals surface area (Å²) in [6.45, 7) is 4.04. The predicted molar refractivity (Wildman–Crippen MR) is 72.7 cm³/mol. The Balaban J connectivity index is 2.30. The fourth-order valence-electron chi connectivity index (χ4n) is 2.03. The summed E-state index contributed by atoms with van der Waals surface area (Å²) in [5.41, 5.74) is 3.81. The summed E-state index contributed by atoms with van der Waals surface area (Å²) >= 11 is 0. The Hall–Kier alpha value is -2.76. The minimum Gasteiger partial charge on any atom is -0.477 e. The van der Waals surface area contributed by atoms with Crippen molar-refractivity contribution < 1.29 is 9.90 Å². The van der Waals surface area contributed by atoms with Gasteiger partial charge in [0.25, 0.3) is 5.78 Å². The van der Waals surface area contributed by atoms with Crippen molar-refractivity contribution in [1.82, 2.24) is 19.6 Å². The number of fused-ring (bicyclic) bond motifs is 1. The molecule has 0 aliphatic carbocycles. The summed E-state index contributed by atoms with van der Waals surface area (Å²) in [5.74, 6) is -0.807. The Bertz CT molecular complexity index is 823. The number of aromatic carboxylic acids is 1. The number of carbonyl (C=O) groups is 1. The first-order valence-electron chi connectivity index (χ1n) is 6.08. The number of hydrogen-bond acceptors (Lipinski definition) is 4. The van der Waals surface area contributed by atoms with Crippen LogP contribution in [-0.2, 0) is 0 Å². The molecule has 1 aromatic carbocycles. The number of benzene rings is 1. The Kier molecular flexibility index (Phi) is 2.71. The summed E-state index contributed by atoms with van der Waals surface area (Å²) in [4.78, 5) is 19.1. The lowest BCUT2D eigenvalue weighted by Gasteiger charge is -2.08. The van der Waals surface area contributed by atoms with Crippen LogP contribution in [0, 0.1) is 13.8 Å².